The zero-order valence-corrected chi connectivity index (χ0v) is 22.7. The van der Waals surface area contributed by atoms with Crippen LogP contribution in [0.5, 0.6) is 0 Å². The van der Waals surface area contributed by atoms with E-state index in [-0.39, 0.29) is 5.56 Å². The Kier molecular flexibility index (Phi) is 6.76. The summed E-state index contributed by atoms with van der Waals surface area (Å²) in [5.41, 5.74) is 7.96. The number of carbonyl (C=O) groups is 2. The maximum atomic E-state index is 12.8. The van der Waals surface area contributed by atoms with Gasteiger partial charge in [0.2, 0.25) is 0 Å². The highest BCUT2D eigenvalue weighted by molar-refractivity contribution is 7.22. The minimum absolute atomic E-state index is 0.285. The number of aryl methyl sites for hydroxylation is 2. The van der Waals surface area contributed by atoms with E-state index >= 15 is 0 Å². The molecule has 4 aromatic carbocycles. The van der Waals surface area contributed by atoms with Gasteiger partial charge in [0.1, 0.15) is 0 Å². The number of benzene rings is 4. The first-order valence-electron chi connectivity index (χ1n) is 12.7. The Bertz CT molecular complexity index is 1850. The van der Waals surface area contributed by atoms with E-state index in [0.717, 1.165) is 43.9 Å². The minimum atomic E-state index is -0.623. The number of hydrogen-bond acceptors (Lipinski definition) is 7. The van der Waals surface area contributed by atoms with Crippen LogP contribution in [-0.4, -0.2) is 33.4 Å². The molecule has 0 aliphatic carbocycles. The maximum absolute atomic E-state index is 12.8. The van der Waals surface area contributed by atoms with E-state index in [0.29, 0.717) is 16.2 Å². The third-order valence-electron chi connectivity index (χ3n) is 6.42. The molecule has 0 atom stereocenters. The Morgan fingerprint density at radius 1 is 0.725 bits per heavy atom. The molecule has 0 radical (unpaired) electrons. The van der Waals surface area contributed by atoms with Crippen LogP contribution in [0.1, 0.15) is 21.5 Å². The lowest BCUT2D eigenvalue weighted by molar-refractivity contribution is -0.119. The highest BCUT2D eigenvalue weighted by Crippen LogP contribution is 2.32. The number of nitrogens with zero attached hydrogens (tertiary/aromatic N) is 3. The number of anilines is 1. The van der Waals surface area contributed by atoms with Crippen molar-refractivity contribution >= 4 is 49.6 Å². The predicted molar refractivity (Wildman–Crippen MR) is 158 cm³/mol. The molecule has 2 heterocycles. The Morgan fingerprint density at radius 3 is 2.00 bits per heavy atom. The molecule has 0 saturated carbocycles. The van der Waals surface area contributed by atoms with Gasteiger partial charge in [-0.05, 0) is 44.2 Å². The molecule has 8 heteroatoms. The first-order valence-corrected chi connectivity index (χ1v) is 13.5. The molecular weight excluding hydrogens is 520 g/mol. The zero-order chi connectivity index (χ0) is 27.6. The molecule has 0 spiro atoms. The summed E-state index contributed by atoms with van der Waals surface area (Å²) in [5.74, 6) is -1.08. The smallest absolute Gasteiger partial charge is 0.338 e. The Morgan fingerprint density at radius 2 is 1.35 bits per heavy atom. The van der Waals surface area contributed by atoms with Gasteiger partial charge in [-0.15, -0.1) is 0 Å². The number of thiazole rings is 1. The normalized spacial score (nSPS) is 11.1. The molecule has 0 fully saturated rings. The number of hydrogen-bond donors (Lipinski definition) is 1. The van der Waals surface area contributed by atoms with Crippen molar-refractivity contribution in [2.75, 3.05) is 11.9 Å². The van der Waals surface area contributed by atoms with Gasteiger partial charge in [0, 0.05) is 11.1 Å². The first-order chi connectivity index (χ1) is 19.4. The van der Waals surface area contributed by atoms with Crippen LogP contribution in [0.4, 0.5) is 5.13 Å². The fourth-order valence-corrected chi connectivity index (χ4v) is 5.18. The number of amides is 1. The van der Waals surface area contributed by atoms with Crippen molar-refractivity contribution < 1.29 is 14.3 Å². The van der Waals surface area contributed by atoms with Crippen molar-refractivity contribution in [2.45, 2.75) is 13.8 Å². The summed E-state index contributed by atoms with van der Waals surface area (Å²) in [6.45, 7) is 3.65. The summed E-state index contributed by atoms with van der Waals surface area (Å²) in [6, 6.07) is 28.9. The van der Waals surface area contributed by atoms with E-state index < -0.39 is 18.5 Å². The predicted octanol–water partition coefficient (Wildman–Crippen LogP) is 6.99. The van der Waals surface area contributed by atoms with Gasteiger partial charge in [-0.1, -0.05) is 83.1 Å². The number of rotatable bonds is 6. The molecule has 6 rings (SSSR count). The molecule has 40 heavy (non-hydrogen) atoms. The number of fused-ring (bicyclic) bond motifs is 2. The monoisotopic (exact) mass is 544 g/mol. The fraction of sp³-hybridized carbons (Fsp3) is 0.0938. The summed E-state index contributed by atoms with van der Waals surface area (Å²) >= 11 is 1.36. The molecule has 2 aromatic heterocycles. The fourth-order valence-electron chi connectivity index (χ4n) is 4.30. The van der Waals surface area contributed by atoms with Crippen LogP contribution in [0.25, 0.3) is 43.8 Å². The zero-order valence-electron chi connectivity index (χ0n) is 21.8. The number of esters is 1. The first kappa shape index (κ1) is 25.3. The molecule has 0 aliphatic heterocycles. The van der Waals surface area contributed by atoms with Gasteiger partial charge in [0.25, 0.3) is 5.91 Å². The van der Waals surface area contributed by atoms with Gasteiger partial charge in [0.15, 0.2) is 11.7 Å². The van der Waals surface area contributed by atoms with Crippen LogP contribution >= 0.6 is 11.3 Å². The second kappa shape index (κ2) is 10.7. The van der Waals surface area contributed by atoms with Crippen molar-refractivity contribution in [3.8, 4) is 22.5 Å². The Balaban J connectivity index is 1.25. The third-order valence-corrected chi connectivity index (χ3v) is 7.38. The van der Waals surface area contributed by atoms with Crippen LogP contribution in [0.3, 0.4) is 0 Å². The van der Waals surface area contributed by atoms with Crippen LogP contribution < -0.4 is 5.32 Å². The number of para-hydroxylation sites is 1. The van der Waals surface area contributed by atoms with Crippen molar-refractivity contribution in [2.24, 2.45) is 0 Å². The van der Waals surface area contributed by atoms with Gasteiger partial charge in [-0.25, -0.2) is 19.7 Å². The third kappa shape index (κ3) is 5.30. The Labute approximate surface area is 234 Å². The van der Waals surface area contributed by atoms with Crippen LogP contribution in [-0.2, 0) is 9.53 Å². The molecular formula is C32H24N4O3S. The standard InChI is InChI=1S/C32H24N4O3S/c1-19-7-11-21(12-8-19)29-30(22-13-9-20(2)10-14-22)34-26-17-23(15-16-24(26)33-29)31(38)39-18-28(37)36-32-35-25-5-3-4-6-27(25)40-32/h3-17H,18H2,1-2H3,(H,35,36,37). The number of carbonyl (C=O) groups excluding carboxylic acids is 2. The lowest BCUT2D eigenvalue weighted by Crippen LogP contribution is -2.20. The van der Waals surface area contributed by atoms with Crippen molar-refractivity contribution in [1.82, 2.24) is 15.0 Å². The van der Waals surface area contributed by atoms with E-state index in [1.807, 2.05) is 86.6 Å². The second-order valence-corrected chi connectivity index (χ2v) is 10.5. The minimum Gasteiger partial charge on any atom is -0.452 e. The maximum Gasteiger partial charge on any atom is 0.338 e. The van der Waals surface area contributed by atoms with E-state index in [4.69, 9.17) is 14.7 Å². The van der Waals surface area contributed by atoms with Gasteiger partial charge in [0.05, 0.1) is 38.2 Å². The van der Waals surface area contributed by atoms with Crippen LogP contribution in [0.15, 0.2) is 91.0 Å². The molecule has 6 aromatic rings. The lowest BCUT2D eigenvalue weighted by Gasteiger charge is -2.12. The van der Waals surface area contributed by atoms with Gasteiger partial charge < -0.3 is 4.74 Å². The van der Waals surface area contributed by atoms with Gasteiger partial charge >= 0.3 is 5.97 Å². The molecule has 196 valence electrons. The molecule has 0 saturated heterocycles. The topological polar surface area (TPSA) is 94.1 Å². The van der Waals surface area contributed by atoms with Crippen LogP contribution in [0.2, 0.25) is 0 Å². The average molecular weight is 545 g/mol. The van der Waals surface area contributed by atoms with Gasteiger partial charge in [-0.3, -0.25) is 10.1 Å². The number of nitrogens with one attached hydrogen (secondary N) is 1. The summed E-state index contributed by atoms with van der Waals surface area (Å²) < 4.78 is 6.26. The molecule has 1 amide bonds. The van der Waals surface area contributed by atoms with Crippen LogP contribution in [0, 0.1) is 13.8 Å². The lowest BCUT2D eigenvalue weighted by atomic mass is 10.0. The van der Waals surface area contributed by atoms with E-state index in [1.165, 1.54) is 11.3 Å². The number of aromatic nitrogens is 3. The summed E-state index contributed by atoms with van der Waals surface area (Å²) in [7, 11) is 0. The largest absolute Gasteiger partial charge is 0.452 e. The molecule has 0 aliphatic rings. The summed E-state index contributed by atoms with van der Waals surface area (Å²) in [4.78, 5) is 39.5. The highest BCUT2D eigenvalue weighted by Gasteiger charge is 2.17. The number of ether oxygens (including phenoxy) is 1. The van der Waals surface area contributed by atoms with E-state index in [2.05, 4.69) is 10.3 Å². The van der Waals surface area contributed by atoms with E-state index in [9.17, 15) is 9.59 Å². The van der Waals surface area contributed by atoms with Crippen molar-refractivity contribution in [3.05, 3.63) is 108 Å². The second-order valence-electron chi connectivity index (χ2n) is 9.47. The summed E-state index contributed by atoms with van der Waals surface area (Å²) in [5, 5.41) is 3.15. The van der Waals surface area contributed by atoms with Gasteiger partial charge in [-0.2, -0.15) is 0 Å². The molecule has 7 nitrogen and oxygen atoms in total. The molecule has 1 N–H and O–H groups in total. The quantitative estimate of drug-likeness (QED) is 0.227. The average Bonchev–Trinajstić information content (AvgIpc) is 3.38. The highest BCUT2D eigenvalue weighted by atomic mass is 32.1. The summed E-state index contributed by atoms with van der Waals surface area (Å²) in [6.07, 6.45) is 0. The molecule has 0 bridgehead atoms. The van der Waals surface area contributed by atoms with E-state index in [1.54, 1.807) is 18.2 Å². The molecule has 0 unspecified atom stereocenters. The SMILES string of the molecule is Cc1ccc(-c2nc3ccc(C(=O)OCC(=O)Nc4nc5ccccc5s4)cc3nc2-c2ccc(C)cc2)cc1. The van der Waals surface area contributed by atoms with Crippen molar-refractivity contribution in [3.63, 3.8) is 0 Å². The van der Waals surface area contributed by atoms with Crippen molar-refractivity contribution in [1.29, 1.82) is 0 Å². The Hall–Kier alpha value is -4.95.